The molecule has 0 saturated carbocycles. The number of hydrogen-bond acceptors (Lipinski definition) is 3. The van der Waals surface area contributed by atoms with E-state index in [-0.39, 0.29) is 18.1 Å². The first-order valence-corrected chi connectivity index (χ1v) is 8.17. The van der Waals surface area contributed by atoms with Crippen LogP contribution in [-0.4, -0.2) is 34.3 Å². The summed E-state index contributed by atoms with van der Waals surface area (Å²) in [4.78, 5) is 14.4. The number of fused-ring (bicyclic) bond motifs is 3. The van der Waals surface area contributed by atoms with Crippen LogP contribution in [0.1, 0.15) is 57.1 Å². The molecular weight excluding hydrogens is 278 g/mol. The minimum absolute atomic E-state index is 0.143. The van der Waals surface area contributed by atoms with E-state index in [0.717, 1.165) is 37.8 Å². The summed E-state index contributed by atoms with van der Waals surface area (Å²) in [7, 11) is 0. The number of phenols is 1. The van der Waals surface area contributed by atoms with Crippen LogP contribution in [0.15, 0.2) is 18.2 Å². The lowest BCUT2D eigenvalue weighted by molar-refractivity contribution is 0.00404. The topological polar surface area (TPSA) is 49.8 Å². The van der Waals surface area contributed by atoms with E-state index < -0.39 is 5.60 Å². The van der Waals surface area contributed by atoms with Gasteiger partial charge in [0.1, 0.15) is 11.4 Å². The van der Waals surface area contributed by atoms with Crippen molar-refractivity contribution < 1.29 is 14.6 Å². The monoisotopic (exact) mass is 303 g/mol. The number of likely N-dealkylation sites (tertiary alicyclic amines) is 1. The molecule has 3 rings (SSSR count). The van der Waals surface area contributed by atoms with Crippen LogP contribution >= 0.6 is 0 Å². The summed E-state index contributed by atoms with van der Waals surface area (Å²) in [5, 5.41) is 10.3. The third kappa shape index (κ3) is 2.79. The summed E-state index contributed by atoms with van der Waals surface area (Å²) in [6.07, 6.45) is 3.61. The minimum atomic E-state index is -0.473. The fraction of sp³-hybridized carbons (Fsp3) is 0.611. The van der Waals surface area contributed by atoms with Crippen molar-refractivity contribution in [1.29, 1.82) is 0 Å². The Kier molecular flexibility index (Phi) is 3.79. The van der Waals surface area contributed by atoms with E-state index in [1.54, 1.807) is 6.07 Å². The van der Waals surface area contributed by atoms with Gasteiger partial charge in [0, 0.05) is 24.1 Å². The first kappa shape index (κ1) is 15.2. The van der Waals surface area contributed by atoms with Crippen LogP contribution in [0.4, 0.5) is 4.79 Å². The summed E-state index contributed by atoms with van der Waals surface area (Å²) < 4.78 is 5.57. The van der Waals surface area contributed by atoms with Crippen molar-refractivity contribution in [3.8, 4) is 5.75 Å². The van der Waals surface area contributed by atoms with Crippen molar-refractivity contribution in [2.45, 2.75) is 64.0 Å². The zero-order chi connectivity index (χ0) is 15.9. The van der Waals surface area contributed by atoms with Gasteiger partial charge in [0.05, 0.1) is 0 Å². The molecule has 1 aromatic carbocycles. The molecule has 1 saturated heterocycles. The molecule has 2 atom stereocenters. The van der Waals surface area contributed by atoms with Crippen molar-refractivity contribution >= 4 is 6.09 Å². The number of carbonyl (C=O) groups excluding carboxylic acids is 1. The highest BCUT2D eigenvalue weighted by molar-refractivity contribution is 5.69. The van der Waals surface area contributed by atoms with E-state index in [2.05, 4.69) is 6.07 Å². The maximum Gasteiger partial charge on any atom is 0.410 e. The quantitative estimate of drug-likeness (QED) is 0.792. The molecule has 0 radical (unpaired) electrons. The van der Waals surface area contributed by atoms with Crippen LogP contribution in [0, 0.1) is 0 Å². The van der Waals surface area contributed by atoms with E-state index in [4.69, 9.17) is 4.74 Å². The van der Waals surface area contributed by atoms with Crippen LogP contribution in [-0.2, 0) is 11.2 Å². The standard InChI is InChI=1S/C18H25NO3/c1-18(2,3)22-17(21)19-11-5-7-13-14(19)10-9-12-6-4-8-15(20)16(12)13/h4,6,8,13-14,20H,5,7,9-11H2,1-3H3. The van der Waals surface area contributed by atoms with E-state index >= 15 is 0 Å². The SMILES string of the molecule is CC(C)(C)OC(=O)N1CCCC2c3c(O)cccc3CCC21. The number of benzene rings is 1. The van der Waals surface area contributed by atoms with Crippen molar-refractivity contribution in [2.24, 2.45) is 0 Å². The molecule has 0 aromatic heterocycles. The molecule has 0 spiro atoms. The number of phenolic OH excluding ortho intramolecular Hbond substituents is 1. The van der Waals surface area contributed by atoms with Gasteiger partial charge in [0.15, 0.2) is 0 Å². The summed E-state index contributed by atoms with van der Waals surface area (Å²) in [6.45, 7) is 6.44. The van der Waals surface area contributed by atoms with E-state index in [9.17, 15) is 9.90 Å². The van der Waals surface area contributed by atoms with Gasteiger partial charge in [-0.25, -0.2) is 4.79 Å². The Labute approximate surface area is 132 Å². The Hall–Kier alpha value is -1.71. The van der Waals surface area contributed by atoms with Crippen LogP contribution in [0.5, 0.6) is 5.75 Å². The molecule has 0 bridgehead atoms. The van der Waals surface area contributed by atoms with Gasteiger partial charge in [-0.05, 0) is 58.1 Å². The number of aromatic hydroxyl groups is 1. The van der Waals surface area contributed by atoms with Crippen LogP contribution in [0.3, 0.4) is 0 Å². The highest BCUT2D eigenvalue weighted by Gasteiger charge is 2.40. The molecule has 2 unspecified atom stereocenters. The molecule has 1 aliphatic carbocycles. The molecule has 1 heterocycles. The molecule has 1 fully saturated rings. The van der Waals surface area contributed by atoms with Crippen molar-refractivity contribution in [3.05, 3.63) is 29.3 Å². The van der Waals surface area contributed by atoms with Gasteiger partial charge in [-0.2, -0.15) is 0 Å². The molecule has 120 valence electrons. The second-order valence-electron chi connectivity index (χ2n) is 7.38. The first-order chi connectivity index (χ1) is 10.4. The van der Waals surface area contributed by atoms with E-state index in [0.29, 0.717) is 5.75 Å². The summed E-state index contributed by atoms with van der Waals surface area (Å²) in [5.41, 5.74) is 1.80. The Bertz CT molecular complexity index is 576. The van der Waals surface area contributed by atoms with Crippen LogP contribution < -0.4 is 0 Å². The van der Waals surface area contributed by atoms with Gasteiger partial charge in [-0.15, -0.1) is 0 Å². The lowest BCUT2D eigenvalue weighted by Crippen LogP contribution is -2.50. The molecule has 22 heavy (non-hydrogen) atoms. The van der Waals surface area contributed by atoms with Crippen molar-refractivity contribution in [1.82, 2.24) is 4.90 Å². The highest BCUT2D eigenvalue weighted by atomic mass is 16.6. The number of nitrogens with zero attached hydrogens (tertiary/aromatic N) is 1. The van der Waals surface area contributed by atoms with Crippen molar-refractivity contribution in [3.63, 3.8) is 0 Å². The minimum Gasteiger partial charge on any atom is -0.508 e. The van der Waals surface area contributed by atoms with Gasteiger partial charge in [0.2, 0.25) is 0 Å². The molecule has 4 nitrogen and oxygen atoms in total. The molecule has 4 heteroatoms. The second kappa shape index (κ2) is 5.49. The highest BCUT2D eigenvalue weighted by Crippen LogP contribution is 2.44. The fourth-order valence-corrected chi connectivity index (χ4v) is 3.85. The predicted octanol–water partition coefficient (Wildman–Crippen LogP) is 3.82. The Balaban J connectivity index is 1.87. The lowest BCUT2D eigenvalue weighted by Gasteiger charge is -2.45. The largest absolute Gasteiger partial charge is 0.508 e. The molecule has 2 aliphatic rings. The van der Waals surface area contributed by atoms with Gasteiger partial charge >= 0.3 is 6.09 Å². The van der Waals surface area contributed by atoms with Crippen LogP contribution in [0.25, 0.3) is 0 Å². The summed E-state index contributed by atoms with van der Waals surface area (Å²) >= 11 is 0. The maximum absolute atomic E-state index is 12.5. The summed E-state index contributed by atoms with van der Waals surface area (Å²) in [6, 6.07) is 5.90. The summed E-state index contributed by atoms with van der Waals surface area (Å²) in [5.74, 6) is 0.601. The van der Waals surface area contributed by atoms with Gasteiger partial charge in [-0.3, -0.25) is 0 Å². The molecule has 1 aromatic rings. The molecular formula is C18H25NO3. The van der Waals surface area contributed by atoms with Crippen molar-refractivity contribution in [2.75, 3.05) is 6.54 Å². The Morgan fingerprint density at radius 3 is 2.82 bits per heavy atom. The Morgan fingerprint density at radius 1 is 1.32 bits per heavy atom. The number of aryl methyl sites for hydroxylation is 1. The van der Waals surface area contributed by atoms with E-state index in [1.807, 2.05) is 31.7 Å². The first-order valence-electron chi connectivity index (χ1n) is 8.17. The third-order valence-corrected chi connectivity index (χ3v) is 4.66. The zero-order valence-corrected chi connectivity index (χ0v) is 13.6. The fourth-order valence-electron chi connectivity index (χ4n) is 3.85. The molecule has 1 amide bonds. The normalized spacial score (nSPS) is 24.4. The van der Waals surface area contributed by atoms with Gasteiger partial charge < -0.3 is 14.7 Å². The smallest absolute Gasteiger partial charge is 0.410 e. The van der Waals surface area contributed by atoms with Gasteiger partial charge in [0.25, 0.3) is 0 Å². The second-order valence-corrected chi connectivity index (χ2v) is 7.38. The van der Waals surface area contributed by atoms with Gasteiger partial charge in [-0.1, -0.05) is 12.1 Å². The molecule has 1 aliphatic heterocycles. The molecule has 1 N–H and O–H groups in total. The van der Waals surface area contributed by atoms with E-state index in [1.165, 1.54) is 5.56 Å². The number of amides is 1. The number of rotatable bonds is 0. The predicted molar refractivity (Wildman–Crippen MR) is 85.1 cm³/mol. The maximum atomic E-state index is 12.5. The number of hydrogen-bond donors (Lipinski definition) is 1. The third-order valence-electron chi connectivity index (χ3n) is 4.66. The average Bonchev–Trinajstić information content (AvgIpc) is 2.44. The number of piperidine rings is 1. The number of ether oxygens (including phenoxy) is 1. The zero-order valence-electron chi connectivity index (χ0n) is 13.6. The lowest BCUT2D eigenvalue weighted by atomic mass is 9.74. The van der Waals surface area contributed by atoms with Crippen LogP contribution in [0.2, 0.25) is 0 Å². The number of carbonyl (C=O) groups is 1. The Morgan fingerprint density at radius 2 is 2.09 bits per heavy atom. The average molecular weight is 303 g/mol.